The average Bonchev–Trinajstić information content (AvgIpc) is 3.72. The first-order valence-electron chi connectivity index (χ1n) is 21.2. The van der Waals surface area contributed by atoms with E-state index in [-0.39, 0.29) is 5.92 Å². The molecule has 0 spiro atoms. The summed E-state index contributed by atoms with van der Waals surface area (Å²) in [7, 11) is 0. The Morgan fingerprint density at radius 3 is 1.43 bits per heavy atom. The summed E-state index contributed by atoms with van der Waals surface area (Å²) in [6.07, 6.45) is 9.38. The average molecular weight is 829 g/mol. The van der Waals surface area contributed by atoms with E-state index in [1.165, 1.54) is 20.2 Å². The molecule has 0 amide bonds. The van der Waals surface area contributed by atoms with Crippen molar-refractivity contribution in [1.82, 2.24) is 29.9 Å². The van der Waals surface area contributed by atoms with Gasteiger partial charge in [-0.25, -0.2) is 29.9 Å². The molecule has 1 atom stereocenters. The zero-order valence-electron chi connectivity index (χ0n) is 34.8. The normalized spacial score (nSPS) is 13.5. The minimum Gasteiger partial charge on any atom is -0.212 e. The lowest BCUT2D eigenvalue weighted by molar-refractivity contribution is 0.764. The van der Waals surface area contributed by atoms with Gasteiger partial charge in [-0.05, 0) is 90.0 Å². The number of fused-ring (bicyclic) bond motifs is 3. The molecule has 1 unspecified atom stereocenters. The number of allylic oxidation sites excluding steroid dienone is 4. The number of thiophene rings is 1. The van der Waals surface area contributed by atoms with Crippen molar-refractivity contribution >= 4 is 31.5 Å². The molecule has 0 N–H and O–H groups in total. The van der Waals surface area contributed by atoms with Gasteiger partial charge in [0.1, 0.15) is 5.82 Å². The second kappa shape index (κ2) is 16.3. The van der Waals surface area contributed by atoms with Gasteiger partial charge in [-0.3, -0.25) is 0 Å². The van der Waals surface area contributed by atoms with E-state index in [4.69, 9.17) is 29.9 Å². The van der Waals surface area contributed by atoms with Crippen LogP contribution in [0.15, 0.2) is 188 Å². The first-order chi connectivity index (χ1) is 31.0. The van der Waals surface area contributed by atoms with Gasteiger partial charge in [0.2, 0.25) is 0 Å². The van der Waals surface area contributed by atoms with E-state index >= 15 is 0 Å². The third kappa shape index (κ3) is 7.53. The van der Waals surface area contributed by atoms with E-state index in [1.54, 1.807) is 0 Å². The Labute approximate surface area is 370 Å². The molecular weight excluding hydrogens is 789 g/mol. The number of hydrogen-bond acceptors (Lipinski definition) is 7. The maximum absolute atomic E-state index is 5.09. The summed E-state index contributed by atoms with van der Waals surface area (Å²) in [5.74, 6) is 4.21. The largest absolute Gasteiger partial charge is 0.212 e. The van der Waals surface area contributed by atoms with E-state index in [1.807, 2.05) is 59.9 Å². The van der Waals surface area contributed by atoms with Crippen LogP contribution in [0.25, 0.3) is 99.4 Å². The van der Waals surface area contributed by atoms with Crippen LogP contribution >= 0.6 is 11.3 Å². The van der Waals surface area contributed by atoms with Crippen LogP contribution < -0.4 is 0 Å². The first kappa shape index (κ1) is 38.2. The number of hydrogen-bond donors (Lipinski definition) is 0. The zero-order chi connectivity index (χ0) is 42.3. The molecule has 7 heteroatoms. The second-order valence-electron chi connectivity index (χ2n) is 16.0. The smallest absolute Gasteiger partial charge is 0.164 e. The highest BCUT2D eigenvalue weighted by Crippen LogP contribution is 2.40. The Morgan fingerprint density at radius 2 is 0.857 bits per heavy atom. The summed E-state index contributed by atoms with van der Waals surface area (Å²) < 4.78 is 2.49. The van der Waals surface area contributed by atoms with Crippen LogP contribution in [0.2, 0.25) is 0 Å². The predicted octanol–water partition coefficient (Wildman–Crippen LogP) is 14.3. The van der Waals surface area contributed by atoms with Gasteiger partial charge in [-0.1, -0.05) is 152 Å². The van der Waals surface area contributed by atoms with E-state index in [9.17, 15) is 0 Å². The van der Waals surface area contributed by atoms with Crippen molar-refractivity contribution in [1.29, 1.82) is 0 Å². The van der Waals surface area contributed by atoms with Crippen molar-refractivity contribution in [3.05, 3.63) is 205 Å². The highest BCUT2D eigenvalue weighted by Gasteiger charge is 2.19. The standard InChI is InChI=1S/C56H40N6S/c1-35-15-9-11-25-45(35)55-59-51(37-17-5-3-6-18-37)57-53(61-55)43-23-13-21-39(31-43)41-27-29-49-47(33-41)48-34-42(28-30-50(48)63-49)40-22-14-24-44(32-40)54-58-52(38-19-7-4-8-20-38)60-56(62-54)46-26-12-10-16-36(46)2/h3-19,21-34,38H,20H2,1-2H3. The zero-order valence-corrected chi connectivity index (χ0v) is 35.6. The van der Waals surface area contributed by atoms with Gasteiger partial charge >= 0.3 is 0 Å². The summed E-state index contributed by atoms with van der Waals surface area (Å²) in [6.45, 7) is 4.20. The van der Waals surface area contributed by atoms with Gasteiger partial charge in [-0.2, -0.15) is 0 Å². The molecule has 0 saturated carbocycles. The summed E-state index contributed by atoms with van der Waals surface area (Å²) in [5, 5.41) is 2.45. The van der Waals surface area contributed by atoms with Crippen LogP contribution in [0.5, 0.6) is 0 Å². The Bertz CT molecular complexity index is 3420. The molecule has 0 aliphatic heterocycles. The molecule has 0 bridgehead atoms. The summed E-state index contributed by atoms with van der Waals surface area (Å²) in [4.78, 5) is 30.2. The number of aromatic nitrogens is 6. The molecule has 11 rings (SSSR count). The molecule has 63 heavy (non-hydrogen) atoms. The van der Waals surface area contributed by atoms with Crippen LogP contribution in [-0.2, 0) is 0 Å². The quantitative estimate of drug-likeness (QED) is 0.152. The maximum atomic E-state index is 5.09. The highest BCUT2D eigenvalue weighted by atomic mass is 32.1. The van der Waals surface area contributed by atoms with Crippen LogP contribution in [0.1, 0.15) is 29.3 Å². The SMILES string of the molecule is Cc1ccccc1-c1nc(-c2ccccc2)nc(-c2cccc(-c3ccc4sc5ccc(-c6cccc(-c7nc(-c8ccccc8C)nc(C8C=CC=CC8)n7)c6)cc5c4c3)c2)n1. The number of benzene rings is 7. The van der Waals surface area contributed by atoms with Crippen molar-refractivity contribution in [3.8, 4) is 79.2 Å². The molecule has 6 nitrogen and oxygen atoms in total. The van der Waals surface area contributed by atoms with Crippen LogP contribution in [0, 0.1) is 13.8 Å². The monoisotopic (exact) mass is 828 g/mol. The van der Waals surface area contributed by atoms with Gasteiger partial charge < -0.3 is 0 Å². The lowest BCUT2D eigenvalue weighted by Gasteiger charge is -2.15. The Hall–Kier alpha value is -7.74. The fourth-order valence-corrected chi connectivity index (χ4v) is 9.45. The number of nitrogens with zero attached hydrogens (tertiary/aromatic N) is 6. The topological polar surface area (TPSA) is 77.3 Å². The van der Waals surface area contributed by atoms with Crippen molar-refractivity contribution in [2.24, 2.45) is 0 Å². The number of aryl methyl sites for hydroxylation is 2. The molecule has 1 aliphatic carbocycles. The first-order valence-corrected chi connectivity index (χ1v) is 22.0. The molecule has 0 saturated heterocycles. The molecule has 3 heterocycles. The Morgan fingerprint density at radius 1 is 0.397 bits per heavy atom. The molecule has 10 aromatic rings. The van der Waals surface area contributed by atoms with Gasteiger partial charge in [0.15, 0.2) is 29.1 Å². The Kier molecular flexibility index (Phi) is 9.87. The van der Waals surface area contributed by atoms with Crippen molar-refractivity contribution in [2.75, 3.05) is 0 Å². The minimum atomic E-state index is 0.0950. The predicted molar refractivity (Wildman–Crippen MR) is 259 cm³/mol. The molecule has 3 aromatic heterocycles. The fourth-order valence-electron chi connectivity index (χ4n) is 8.38. The molecule has 300 valence electrons. The van der Waals surface area contributed by atoms with Crippen LogP contribution in [0.3, 0.4) is 0 Å². The third-order valence-electron chi connectivity index (χ3n) is 11.8. The van der Waals surface area contributed by atoms with Gasteiger partial charge in [0.05, 0.1) is 0 Å². The van der Waals surface area contributed by atoms with Gasteiger partial charge in [-0.15, -0.1) is 11.3 Å². The van der Waals surface area contributed by atoms with Gasteiger partial charge in [0, 0.05) is 53.9 Å². The van der Waals surface area contributed by atoms with Crippen molar-refractivity contribution in [2.45, 2.75) is 26.2 Å². The van der Waals surface area contributed by atoms with Crippen LogP contribution in [-0.4, -0.2) is 29.9 Å². The molecule has 7 aromatic carbocycles. The number of rotatable bonds is 8. The summed E-state index contributed by atoms with van der Waals surface area (Å²) >= 11 is 1.82. The molecular formula is C56H40N6S. The summed E-state index contributed by atoms with van der Waals surface area (Å²) in [5.41, 5.74) is 11.6. The Balaban J connectivity index is 0.961. The maximum Gasteiger partial charge on any atom is 0.164 e. The van der Waals surface area contributed by atoms with Crippen molar-refractivity contribution in [3.63, 3.8) is 0 Å². The lowest BCUT2D eigenvalue weighted by Crippen LogP contribution is -2.08. The lowest BCUT2D eigenvalue weighted by atomic mass is 9.98. The highest BCUT2D eigenvalue weighted by molar-refractivity contribution is 7.25. The van der Waals surface area contributed by atoms with Gasteiger partial charge in [0.25, 0.3) is 0 Å². The van der Waals surface area contributed by atoms with E-state index < -0.39 is 0 Å². The molecule has 1 aliphatic rings. The second-order valence-corrected chi connectivity index (χ2v) is 17.1. The third-order valence-corrected chi connectivity index (χ3v) is 12.9. The summed E-state index contributed by atoms with van der Waals surface area (Å²) in [6, 6.07) is 57.3. The minimum absolute atomic E-state index is 0.0950. The molecule has 0 radical (unpaired) electrons. The van der Waals surface area contributed by atoms with Crippen LogP contribution in [0.4, 0.5) is 0 Å². The van der Waals surface area contributed by atoms with E-state index in [0.717, 1.165) is 73.4 Å². The van der Waals surface area contributed by atoms with Crippen molar-refractivity contribution < 1.29 is 0 Å². The van der Waals surface area contributed by atoms with E-state index in [0.29, 0.717) is 29.1 Å². The fraction of sp³-hybridized carbons (Fsp3) is 0.0714. The van der Waals surface area contributed by atoms with E-state index in [2.05, 4.69) is 153 Å². The molecule has 0 fully saturated rings.